The SMILES string of the molecule is CCN(CC)CCOC(=O)c1ccc(NC(=O)OCCCCCOC(=O)Nc2ccc(C(=O)OCCN(CC)CC)cc2)cc1. The van der Waals surface area contributed by atoms with Crippen molar-refractivity contribution in [1.82, 2.24) is 9.80 Å². The predicted molar refractivity (Wildman–Crippen MR) is 173 cm³/mol. The van der Waals surface area contributed by atoms with E-state index in [1.54, 1.807) is 48.5 Å². The van der Waals surface area contributed by atoms with Crippen LogP contribution in [0.15, 0.2) is 48.5 Å². The number of carbonyl (C=O) groups is 4. The first-order valence-corrected chi connectivity index (χ1v) is 15.7. The van der Waals surface area contributed by atoms with Crippen LogP contribution in [0.4, 0.5) is 21.0 Å². The van der Waals surface area contributed by atoms with Crippen LogP contribution in [-0.4, -0.2) is 99.6 Å². The van der Waals surface area contributed by atoms with E-state index in [0.29, 0.717) is 68.1 Å². The molecule has 0 heterocycles. The van der Waals surface area contributed by atoms with Crippen molar-refractivity contribution in [3.63, 3.8) is 0 Å². The van der Waals surface area contributed by atoms with E-state index in [9.17, 15) is 19.2 Å². The number of hydrogen-bond acceptors (Lipinski definition) is 10. The Morgan fingerprint density at radius 3 is 1.20 bits per heavy atom. The molecule has 0 saturated carbocycles. The number of likely N-dealkylation sites (N-methyl/N-ethyl adjacent to an activating group) is 2. The first-order chi connectivity index (χ1) is 21.8. The molecular weight excluding hydrogens is 580 g/mol. The van der Waals surface area contributed by atoms with E-state index in [2.05, 4.69) is 48.1 Å². The van der Waals surface area contributed by atoms with Crippen molar-refractivity contribution in [2.75, 3.05) is 76.3 Å². The average Bonchev–Trinajstić information content (AvgIpc) is 3.05. The molecule has 0 aliphatic heterocycles. The van der Waals surface area contributed by atoms with Gasteiger partial charge < -0.3 is 28.7 Å². The Balaban J connectivity index is 1.55. The highest BCUT2D eigenvalue weighted by molar-refractivity contribution is 5.91. The number of anilines is 2. The van der Waals surface area contributed by atoms with Crippen molar-refractivity contribution < 1.29 is 38.1 Å². The van der Waals surface area contributed by atoms with Crippen LogP contribution >= 0.6 is 0 Å². The van der Waals surface area contributed by atoms with Crippen molar-refractivity contribution >= 4 is 35.5 Å². The standard InChI is InChI=1S/C33H48N4O8/c1-5-36(6-2)20-24-42-30(38)26-12-16-28(17-13-26)34-32(40)44-22-10-9-11-23-45-33(41)35-29-18-14-27(15-19-29)31(39)43-25-21-37(7-3)8-4/h12-19H,5-11,20-25H2,1-4H3,(H,34,40)(H,35,41). The summed E-state index contributed by atoms with van der Waals surface area (Å²) >= 11 is 0. The zero-order valence-electron chi connectivity index (χ0n) is 27.0. The highest BCUT2D eigenvalue weighted by Gasteiger charge is 2.11. The molecule has 12 nitrogen and oxygen atoms in total. The molecule has 0 aromatic heterocycles. The summed E-state index contributed by atoms with van der Waals surface area (Å²) in [5, 5.41) is 5.25. The Bertz CT molecular complexity index is 1070. The molecule has 0 atom stereocenters. The number of ether oxygens (including phenoxy) is 4. The van der Waals surface area contributed by atoms with E-state index in [1.807, 2.05) is 0 Å². The van der Waals surface area contributed by atoms with Crippen LogP contribution in [0.1, 0.15) is 67.7 Å². The zero-order chi connectivity index (χ0) is 32.9. The number of nitrogens with one attached hydrogen (secondary N) is 2. The lowest BCUT2D eigenvalue weighted by molar-refractivity contribution is 0.0457. The van der Waals surface area contributed by atoms with Gasteiger partial charge in [-0.3, -0.25) is 10.6 Å². The van der Waals surface area contributed by atoms with Crippen molar-refractivity contribution in [3.8, 4) is 0 Å². The molecule has 2 aromatic carbocycles. The summed E-state index contributed by atoms with van der Waals surface area (Å²) in [5.41, 5.74) is 1.81. The van der Waals surface area contributed by atoms with Crippen molar-refractivity contribution in [1.29, 1.82) is 0 Å². The molecule has 0 bridgehead atoms. The molecule has 248 valence electrons. The van der Waals surface area contributed by atoms with Crippen LogP contribution in [0.5, 0.6) is 0 Å². The van der Waals surface area contributed by atoms with E-state index >= 15 is 0 Å². The number of benzene rings is 2. The number of unbranched alkanes of at least 4 members (excludes halogenated alkanes) is 2. The first kappa shape index (κ1) is 37.0. The van der Waals surface area contributed by atoms with E-state index in [0.717, 1.165) is 26.2 Å². The second-order valence-corrected chi connectivity index (χ2v) is 10.1. The van der Waals surface area contributed by atoms with Crippen LogP contribution in [0.2, 0.25) is 0 Å². The highest BCUT2D eigenvalue weighted by atomic mass is 16.6. The third-order valence-electron chi connectivity index (χ3n) is 7.06. The molecule has 0 unspecified atom stereocenters. The lowest BCUT2D eigenvalue weighted by atomic mass is 10.2. The number of carbonyl (C=O) groups excluding carboxylic acids is 4. The van der Waals surface area contributed by atoms with Crippen LogP contribution in [-0.2, 0) is 18.9 Å². The molecule has 2 aromatic rings. The predicted octanol–water partition coefficient (Wildman–Crippen LogP) is 5.65. The second kappa shape index (κ2) is 21.5. The summed E-state index contributed by atoms with van der Waals surface area (Å²) < 4.78 is 21.0. The number of nitrogens with zero attached hydrogens (tertiary/aromatic N) is 2. The fraction of sp³-hybridized carbons (Fsp3) is 0.515. The monoisotopic (exact) mass is 628 g/mol. The third kappa shape index (κ3) is 14.9. The second-order valence-electron chi connectivity index (χ2n) is 10.1. The first-order valence-electron chi connectivity index (χ1n) is 15.7. The molecule has 2 rings (SSSR count). The van der Waals surface area contributed by atoms with E-state index < -0.39 is 24.1 Å². The molecule has 0 spiro atoms. The summed E-state index contributed by atoms with van der Waals surface area (Å²) in [7, 11) is 0. The maximum atomic E-state index is 12.2. The molecule has 0 fully saturated rings. The largest absolute Gasteiger partial charge is 0.461 e. The molecule has 0 radical (unpaired) electrons. The van der Waals surface area contributed by atoms with Gasteiger partial charge in [0.1, 0.15) is 13.2 Å². The Labute approximate surface area is 266 Å². The number of hydrogen-bond donors (Lipinski definition) is 2. The lowest BCUT2D eigenvalue weighted by Gasteiger charge is -2.17. The third-order valence-corrected chi connectivity index (χ3v) is 7.06. The van der Waals surface area contributed by atoms with Gasteiger partial charge in [0.15, 0.2) is 0 Å². The van der Waals surface area contributed by atoms with Crippen LogP contribution in [0, 0.1) is 0 Å². The molecule has 45 heavy (non-hydrogen) atoms. The number of esters is 2. The fourth-order valence-electron chi connectivity index (χ4n) is 4.18. The summed E-state index contributed by atoms with van der Waals surface area (Å²) in [5.74, 6) is -0.820. The van der Waals surface area contributed by atoms with E-state index in [4.69, 9.17) is 18.9 Å². The molecule has 0 aliphatic rings. The highest BCUT2D eigenvalue weighted by Crippen LogP contribution is 2.13. The Kier molecular flexibility index (Phi) is 17.7. The van der Waals surface area contributed by atoms with Crippen molar-refractivity contribution in [2.45, 2.75) is 47.0 Å². The minimum absolute atomic E-state index is 0.208. The molecular formula is C33H48N4O8. The Morgan fingerprint density at radius 1 is 0.511 bits per heavy atom. The van der Waals surface area contributed by atoms with Gasteiger partial charge >= 0.3 is 24.1 Å². The van der Waals surface area contributed by atoms with Gasteiger partial charge in [-0.25, -0.2) is 19.2 Å². The van der Waals surface area contributed by atoms with Gasteiger partial charge in [-0.15, -0.1) is 0 Å². The van der Waals surface area contributed by atoms with Gasteiger partial charge in [-0.05, 0) is 94.0 Å². The van der Waals surface area contributed by atoms with Gasteiger partial charge in [0.2, 0.25) is 0 Å². The maximum absolute atomic E-state index is 12.2. The van der Waals surface area contributed by atoms with Crippen LogP contribution in [0.25, 0.3) is 0 Å². The minimum Gasteiger partial charge on any atom is -0.461 e. The summed E-state index contributed by atoms with van der Waals surface area (Å²) in [4.78, 5) is 52.8. The molecule has 2 N–H and O–H groups in total. The smallest absolute Gasteiger partial charge is 0.411 e. The van der Waals surface area contributed by atoms with Crippen LogP contribution < -0.4 is 10.6 Å². The Morgan fingerprint density at radius 2 is 0.867 bits per heavy atom. The molecule has 0 aliphatic carbocycles. The van der Waals surface area contributed by atoms with Gasteiger partial charge in [-0.1, -0.05) is 27.7 Å². The Hall–Kier alpha value is -4.16. The lowest BCUT2D eigenvalue weighted by Crippen LogP contribution is -2.27. The van der Waals surface area contributed by atoms with Gasteiger partial charge in [0.05, 0.1) is 24.3 Å². The molecule has 0 saturated heterocycles. The van der Waals surface area contributed by atoms with Gasteiger partial charge in [0.25, 0.3) is 0 Å². The summed E-state index contributed by atoms with van der Waals surface area (Å²) in [6.07, 6.45) is 0.696. The summed E-state index contributed by atoms with van der Waals surface area (Å²) in [6, 6.07) is 12.8. The zero-order valence-corrected chi connectivity index (χ0v) is 27.0. The maximum Gasteiger partial charge on any atom is 0.411 e. The number of rotatable bonds is 20. The van der Waals surface area contributed by atoms with Crippen molar-refractivity contribution in [3.05, 3.63) is 59.7 Å². The van der Waals surface area contributed by atoms with Gasteiger partial charge in [0, 0.05) is 24.5 Å². The molecule has 12 heteroatoms. The normalized spacial score (nSPS) is 10.8. The van der Waals surface area contributed by atoms with Crippen molar-refractivity contribution in [2.24, 2.45) is 0 Å². The van der Waals surface area contributed by atoms with Gasteiger partial charge in [-0.2, -0.15) is 0 Å². The number of amides is 2. The fourth-order valence-corrected chi connectivity index (χ4v) is 4.18. The van der Waals surface area contributed by atoms with E-state index in [1.165, 1.54) is 0 Å². The minimum atomic E-state index is -0.598. The topological polar surface area (TPSA) is 136 Å². The average molecular weight is 629 g/mol. The summed E-state index contributed by atoms with van der Waals surface area (Å²) in [6.45, 7) is 14.2. The van der Waals surface area contributed by atoms with E-state index in [-0.39, 0.29) is 13.2 Å². The van der Waals surface area contributed by atoms with Crippen LogP contribution in [0.3, 0.4) is 0 Å². The quantitative estimate of drug-likeness (QED) is 0.108. The molecule has 2 amide bonds.